The first-order valence-corrected chi connectivity index (χ1v) is 13.5. The third-order valence-electron chi connectivity index (χ3n) is 5.34. The summed E-state index contributed by atoms with van der Waals surface area (Å²) >= 11 is 0. The molecule has 0 spiro atoms. The molecule has 0 amide bonds. The van der Waals surface area contributed by atoms with Crippen LogP contribution in [0.15, 0.2) is 52.3 Å². The van der Waals surface area contributed by atoms with Crippen molar-refractivity contribution in [3.05, 3.63) is 53.6 Å². The predicted molar refractivity (Wildman–Crippen MR) is 122 cm³/mol. The van der Waals surface area contributed by atoms with Gasteiger partial charge in [0.05, 0.1) is 16.4 Å². The zero-order valence-electron chi connectivity index (χ0n) is 18.4. The Morgan fingerprint density at radius 1 is 0.906 bits per heavy atom. The summed E-state index contributed by atoms with van der Waals surface area (Å²) in [5.74, 6) is 0.603. The van der Waals surface area contributed by atoms with Crippen molar-refractivity contribution in [2.24, 2.45) is 0 Å². The highest BCUT2D eigenvalue weighted by atomic mass is 32.2. The number of sulfonamides is 2. The molecule has 1 aliphatic heterocycles. The predicted octanol–water partition coefficient (Wildman–Crippen LogP) is 2.67. The van der Waals surface area contributed by atoms with Gasteiger partial charge in [-0.05, 0) is 61.2 Å². The van der Waals surface area contributed by atoms with Crippen molar-refractivity contribution in [1.82, 2.24) is 9.03 Å². The molecular formula is C22H30N2O6S2. The highest BCUT2D eigenvalue weighted by Crippen LogP contribution is 2.23. The molecular weight excluding hydrogens is 452 g/mol. The average molecular weight is 483 g/mol. The Balaban J connectivity index is 1.64. The number of piperidine rings is 1. The minimum Gasteiger partial charge on any atom is -0.491 e. The van der Waals surface area contributed by atoms with E-state index in [4.69, 9.17) is 9.47 Å². The van der Waals surface area contributed by atoms with Gasteiger partial charge in [0.2, 0.25) is 20.0 Å². The Morgan fingerprint density at radius 2 is 1.56 bits per heavy atom. The average Bonchev–Trinajstić information content (AvgIpc) is 2.80. The van der Waals surface area contributed by atoms with Crippen molar-refractivity contribution in [2.45, 2.75) is 42.5 Å². The van der Waals surface area contributed by atoms with Crippen LogP contribution >= 0.6 is 0 Å². The van der Waals surface area contributed by atoms with Crippen LogP contribution in [0.2, 0.25) is 0 Å². The van der Waals surface area contributed by atoms with Gasteiger partial charge in [-0.3, -0.25) is 0 Å². The Labute approximate surface area is 190 Å². The van der Waals surface area contributed by atoms with Crippen LogP contribution in [0.5, 0.6) is 5.75 Å². The van der Waals surface area contributed by atoms with Crippen LogP contribution in [0.1, 0.15) is 30.4 Å². The van der Waals surface area contributed by atoms with Gasteiger partial charge in [-0.15, -0.1) is 0 Å². The summed E-state index contributed by atoms with van der Waals surface area (Å²) in [4.78, 5) is 0.365. The standard InChI is InChI=1S/C22H30N2O6S2/c1-18-16-21(10-11-22(18)30-15-14-29-2)31(25,26)23-17-19-6-8-20(9-7-19)32(27,28)24-12-4-3-5-13-24/h6-11,16,23H,3-5,12-15,17H2,1-2H3. The molecule has 1 fully saturated rings. The topological polar surface area (TPSA) is 102 Å². The molecule has 1 N–H and O–H groups in total. The molecule has 0 atom stereocenters. The Bertz CT molecular complexity index is 1110. The molecule has 0 saturated carbocycles. The van der Waals surface area contributed by atoms with Crippen molar-refractivity contribution in [1.29, 1.82) is 0 Å². The van der Waals surface area contributed by atoms with Crippen molar-refractivity contribution in [3.8, 4) is 5.75 Å². The third kappa shape index (κ3) is 6.08. The summed E-state index contributed by atoms with van der Waals surface area (Å²) in [5, 5.41) is 0. The molecule has 3 rings (SSSR count). The highest BCUT2D eigenvalue weighted by Gasteiger charge is 2.25. The van der Waals surface area contributed by atoms with E-state index in [1.165, 1.54) is 22.5 Å². The lowest BCUT2D eigenvalue weighted by Crippen LogP contribution is -2.35. The summed E-state index contributed by atoms with van der Waals surface area (Å²) in [6.45, 7) is 3.74. The number of ether oxygens (including phenoxy) is 2. The third-order valence-corrected chi connectivity index (χ3v) is 8.66. The maximum Gasteiger partial charge on any atom is 0.243 e. The summed E-state index contributed by atoms with van der Waals surface area (Å²) < 4.78 is 65.4. The first-order chi connectivity index (χ1) is 15.2. The fourth-order valence-corrected chi connectivity index (χ4v) is 6.10. The summed E-state index contributed by atoms with van der Waals surface area (Å²) in [6.07, 6.45) is 2.80. The summed E-state index contributed by atoms with van der Waals surface area (Å²) in [7, 11) is -5.66. The van der Waals surface area contributed by atoms with Crippen LogP contribution in [-0.4, -0.2) is 54.6 Å². The van der Waals surface area contributed by atoms with E-state index in [1.807, 2.05) is 0 Å². The normalized spacial score (nSPS) is 15.6. The second-order valence-electron chi connectivity index (χ2n) is 7.70. The van der Waals surface area contributed by atoms with E-state index in [1.54, 1.807) is 38.3 Å². The molecule has 32 heavy (non-hydrogen) atoms. The van der Waals surface area contributed by atoms with Crippen molar-refractivity contribution < 1.29 is 26.3 Å². The SMILES string of the molecule is COCCOc1ccc(S(=O)(=O)NCc2ccc(S(=O)(=O)N3CCCCC3)cc2)cc1C. The van der Waals surface area contributed by atoms with E-state index >= 15 is 0 Å². The lowest BCUT2D eigenvalue weighted by atomic mass is 10.2. The van der Waals surface area contributed by atoms with E-state index in [0.29, 0.717) is 43.2 Å². The number of hydrogen-bond donors (Lipinski definition) is 1. The van der Waals surface area contributed by atoms with Crippen molar-refractivity contribution in [2.75, 3.05) is 33.4 Å². The molecule has 8 nitrogen and oxygen atoms in total. The fraction of sp³-hybridized carbons (Fsp3) is 0.455. The van der Waals surface area contributed by atoms with Gasteiger partial charge in [0.25, 0.3) is 0 Å². The van der Waals surface area contributed by atoms with Crippen LogP contribution in [0.25, 0.3) is 0 Å². The molecule has 10 heteroatoms. The molecule has 0 aliphatic carbocycles. The van der Waals surface area contributed by atoms with E-state index < -0.39 is 20.0 Å². The minimum atomic E-state index is -3.74. The molecule has 176 valence electrons. The Hall–Kier alpha value is -1.98. The van der Waals surface area contributed by atoms with Crippen molar-refractivity contribution in [3.63, 3.8) is 0 Å². The number of hydrogen-bond acceptors (Lipinski definition) is 6. The van der Waals surface area contributed by atoms with Gasteiger partial charge in [-0.2, -0.15) is 4.31 Å². The van der Waals surface area contributed by atoms with Gasteiger partial charge >= 0.3 is 0 Å². The van der Waals surface area contributed by atoms with Crippen LogP contribution in [-0.2, 0) is 31.3 Å². The summed E-state index contributed by atoms with van der Waals surface area (Å²) in [5.41, 5.74) is 1.37. The van der Waals surface area contributed by atoms with E-state index in [-0.39, 0.29) is 16.3 Å². The first-order valence-electron chi connectivity index (χ1n) is 10.6. The van der Waals surface area contributed by atoms with E-state index in [2.05, 4.69) is 4.72 Å². The first kappa shape index (κ1) is 24.7. The van der Waals surface area contributed by atoms with Gasteiger partial charge in [-0.25, -0.2) is 21.6 Å². The maximum absolute atomic E-state index is 12.7. The number of aryl methyl sites for hydroxylation is 1. The Kier molecular flexibility index (Phi) is 8.29. The lowest BCUT2D eigenvalue weighted by molar-refractivity contribution is 0.146. The smallest absolute Gasteiger partial charge is 0.243 e. The van der Waals surface area contributed by atoms with Gasteiger partial charge in [0.15, 0.2) is 0 Å². The molecule has 1 heterocycles. The second-order valence-corrected chi connectivity index (χ2v) is 11.4. The summed E-state index contributed by atoms with van der Waals surface area (Å²) in [6, 6.07) is 11.0. The van der Waals surface area contributed by atoms with Gasteiger partial charge in [-0.1, -0.05) is 18.6 Å². The molecule has 1 saturated heterocycles. The van der Waals surface area contributed by atoms with E-state index in [0.717, 1.165) is 19.3 Å². The van der Waals surface area contributed by atoms with E-state index in [9.17, 15) is 16.8 Å². The molecule has 2 aromatic carbocycles. The van der Waals surface area contributed by atoms with Crippen LogP contribution in [0.3, 0.4) is 0 Å². The quantitative estimate of drug-likeness (QED) is 0.523. The maximum atomic E-state index is 12.7. The number of rotatable bonds is 10. The Morgan fingerprint density at radius 3 is 2.19 bits per heavy atom. The van der Waals surface area contributed by atoms with Crippen LogP contribution in [0.4, 0.5) is 0 Å². The largest absolute Gasteiger partial charge is 0.491 e. The molecule has 1 aliphatic rings. The zero-order chi connectivity index (χ0) is 23.2. The molecule has 2 aromatic rings. The second kappa shape index (κ2) is 10.8. The lowest BCUT2D eigenvalue weighted by Gasteiger charge is -2.25. The van der Waals surface area contributed by atoms with Gasteiger partial charge in [0.1, 0.15) is 12.4 Å². The number of nitrogens with zero attached hydrogens (tertiary/aromatic N) is 1. The molecule has 0 bridgehead atoms. The molecule has 0 aromatic heterocycles. The molecule has 0 unspecified atom stereocenters. The number of benzene rings is 2. The molecule has 0 radical (unpaired) electrons. The fourth-order valence-electron chi connectivity index (χ4n) is 3.48. The number of nitrogens with one attached hydrogen (secondary N) is 1. The van der Waals surface area contributed by atoms with Gasteiger partial charge < -0.3 is 9.47 Å². The van der Waals surface area contributed by atoms with Gasteiger partial charge in [0, 0.05) is 26.7 Å². The number of methoxy groups -OCH3 is 1. The minimum absolute atomic E-state index is 0.0531. The van der Waals surface area contributed by atoms with Crippen molar-refractivity contribution >= 4 is 20.0 Å². The van der Waals surface area contributed by atoms with Crippen LogP contribution in [0, 0.1) is 6.92 Å². The van der Waals surface area contributed by atoms with Crippen LogP contribution < -0.4 is 9.46 Å². The highest BCUT2D eigenvalue weighted by molar-refractivity contribution is 7.89. The monoisotopic (exact) mass is 482 g/mol. The zero-order valence-corrected chi connectivity index (χ0v) is 20.0.